The molecule has 3 nitrogen and oxygen atoms in total. The SMILES string of the molecule is COc1ccc2c(N)c(-c3ccc(C)cc3)nc(SCc3ccccc3)c2c1. The van der Waals surface area contributed by atoms with Crippen molar-refractivity contribution in [3.63, 3.8) is 0 Å². The van der Waals surface area contributed by atoms with E-state index in [0.29, 0.717) is 5.69 Å². The van der Waals surface area contributed by atoms with Gasteiger partial charge in [-0.2, -0.15) is 0 Å². The summed E-state index contributed by atoms with van der Waals surface area (Å²) >= 11 is 1.72. The minimum absolute atomic E-state index is 0.700. The van der Waals surface area contributed by atoms with Crippen LogP contribution in [0.3, 0.4) is 0 Å². The molecule has 0 fully saturated rings. The Balaban J connectivity index is 1.84. The van der Waals surface area contributed by atoms with Gasteiger partial charge in [-0.05, 0) is 30.7 Å². The van der Waals surface area contributed by atoms with E-state index in [2.05, 4.69) is 55.5 Å². The molecule has 1 heterocycles. The Kier molecular flexibility index (Phi) is 5.22. The highest BCUT2D eigenvalue weighted by atomic mass is 32.2. The van der Waals surface area contributed by atoms with Crippen molar-refractivity contribution in [3.05, 3.63) is 83.9 Å². The monoisotopic (exact) mass is 386 g/mol. The summed E-state index contributed by atoms with van der Waals surface area (Å²) in [5, 5.41) is 2.98. The molecule has 0 saturated heterocycles. The molecular weight excluding hydrogens is 364 g/mol. The summed E-state index contributed by atoms with van der Waals surface area (Å²) in [6.45, 7) is 2.08. The van der Waals surface area contributed by atoms with Crippen molar-refractivity contribution < 1.29 is 4.74 Å². The molecule has 0 bridgehead atoms. The van der Waals surface area contributed by atoms with Crippen LogP contribution in [0, 0.1) is 6.92 Å². The number of aryl methyl sites for hydroxylation is 1. The summed E-state index contributed by atoms with van der Waals surface area (Å²) in [5.74, 6) is 1.65. The van der Waals surface area contributed by atoms with E-state index < -0.39 is 0 Å². The van der Waals surface area contributed by atoms with Gasteiger partial charge in [0.2, 0.25) is 0 Å². The molecule has 3 aromatic carbocycles. The predicted molar refractivity (Wildman–Crippen MR) is 119 cm³/mol. The van der Waals surface area contributed by atoms with E-state index in [0.717, 1.165) is 38.6 Å². The van der Waals surface area contributed by atoms with Gasteiger partial charge in [0.25, 0.3) is 0 Å². The number of nitrogens with zero attached hydrogens (tertiary/aromatic N) is 1. The normalized spacial score (nSPS) is 10.9. The fourth-order valence-corrected chi connectivity index (χ4v) is 4.16. The van der Waals surface area contributed by atoms with Gasteiger partial charge in [-0.3, -0.25) is 0 Å². The molecule has 0 aliphatic carbocycles. The molecule has 4 rings (SSSR count). The van der Waals surface area contributed by atoms with Crippen LogP contribution in [0.4, 0.5) is 5.69 Å². The number of benzene rings is 3. The highest BCUT2D eigenvalue weighted by molar-refractivity contribution is 7.98. The lowest BCUT2D eigenvalue weighted by Gasteiger charge is -2.14. The third kappa shape index (κ3) is 3.69. The molecule has 28 heavy (non-hydrogen) atoms. The second-order valence-corrected chi connectivity index (χ2v) is 7.70. The minimum Gasteiger partial charge on any atom is -0.497 e. The Labute approximate surface area is 169 Å². The standard InChI is InChI=1S/C24H22N2OS/c1-16-8-10-18(11-9-16)23-22(25)20-13-12-19(27-2)14-21(20)24(26-23)28-15-17-6-4-3-5-7-17/h3-14H,15,25H2,1-2H3. The van der Waals surface area contributed by atoms with Crippen LogP contribution in [-0.4, -0.2) is 12.1 Å². The maximum Gasteiger partial charge on any atom is 0.119 e. The lowest BCUT2D eigenvalue weighted by atomic mass is 10.0. The van der Waals surface area contributed by atoms with Crippen LogP contribution in [0.1, 0.15) is 11.1 Å². The molecular formula is C24H22N2OS. The fourth-order valence-electron chi connectivity index (χ4n) is 3.18. The molecule has 0 aliphatic heterocycles. The van der Waals surface area contributed by atoms with Crippen molar-refractivity contribution in [3.8, 4) is 17.0 Å². The molecule has 0 unspecified atom stereocenters. The highest BCUT2D eigenvalue weighted by Gasteiger charge is 2.15. The van der Waals surface area contributed by atoms with Gasteiger partial charge in [0.05, 0.1) is 18.5 Å². The third-order valence-corrected chi connectivity index (χ3v) is 5.82. The Morgan fingerprint density at radius 3 is 2.39 bits per heavy atom. The van der Waals surface area contributed by atoms with Crippen molar-refractivity contribution in [2.75, 3.05) is 12.8 Å². The summed E-state index contributed by atoms with van der Waals surface area (Å²) in [6.07, 6.45) is 0. The van der Waals surface area contributed by atoms with Crippen LogP contribution in [0.2, 0.25) is 0 Å². The molecule has 0 saturated carbocycles. The van der Waals surface area contributed by atoms with Gasteiger partial charge in [-0.15, -0.1) is 11.8 Å². The first-order valence-electron chi connectivity index (χ1n) is 9.16. The van der Waals surface area contributed by atoms with Gasteiger partial charge >= 0.3 is 0 Å². The summed E-state index contributed by atoms with van der Waals surface area (Å²) in [5.41, 5.74) is 11.6. The van der Waals surface area contributed by atoms with Crippen molar-refractivity contribution in [1.29, 1.82) is 0 Å². The Morgan fingerprint density at radius 2 is 1.68 bits per heavy atom. The predicted octanol–water partition coefficient (Wildman–Crippen LogP) is 6.09. The average molecular weight is 387 g/mol. The van der Waals surface area contributed by atoms with E-state index in [1.54, 1.807) is 18.9 Å². The number of hydrogen-bond donors (Lipinski definition) is 1. The van der Waals surface area contributed by atoms with Crippen LogP contribution in [0.5, 0.6) is 5.75 Å². The lowest BCUT2D eigenvalue weighted by Crippen LogP contribution is -1.98. The Bertz CT molecular complexity index is 1110. The zero-order valence-corrected chi connectivity index (χ0v) is 16.8. The highest BCUT2D eigenvalue weighted by Crippen LogP contribution is 2.38. The molecule has 0 spiro atoms. The molecule has 2 N–H and O–H groups in total. The first-order valence-corrected chi connectivity index (χ1v) is 10.2. The summed E-state index contributed by atoms with van der Waals surface area (Å²) < 4.78 is 5.43. The number of ether oxygens (including phenoxy) is 1. The van der Waals surface area contributed by atoms with Crippen LogP contribution in [-0.2, 0) is 5.75 Å². The minimum atomic E-state index is 0.700. The van der Waals surface area contributed by atoms with Crippen molar-refractivity contribution in [1.82, 2.24) is 4.98 Å². The molecule has 140 valence electrons. The number of rotatable bonds is 5. The molecule has 4 aromatic rings. The number of nitrogens with two attached hydrogens (primary N) is 1. The van der Waals surface area contributed by atoms with E-state index in [4.69, 9.17) is 15.5 Å². The lowest BCUT2D eigenvalue weighted by molar-refractivity contribution is 0.415. The van der Waals surface area contributed by atoms with Crippen LogP contribution < -0.4 is 10.5 Å². The largest absolute Gasteiger partial charge is 0.497 e. The molecule has 0 amide bonds. The third-order valence-electron chi connectivity index (χ3n) is 4.76. The number of fused-ring (bicyclic) bond motifs is 1. The van der Waals surface area contributed by atoms with Gasteiger partial charge in [0.15, 0.2) is 0 Å². The molecule has 0 radical (unpaired) electrons. The Morgan fingerprint density at radius 1 is 0.929 bits per heavy atom. The van der Waals surface area contributed by atoms with E-state index in [-0.39, 0.29) is 0 Å². The van der Waals surface area contributed by atoms with Gasteiger partial charge in [0, 0.05) is 22.1 Å². The van der Waals surface area contributed by atoms with E-state index in [9.17, 15) is 0 Å². The second-order valence-electron chi connectivity index (χ2n) is 6.73. The first-order chi connectivity index (χ1) is 13.7. The summed E-state index contributed by atoms with van der Waals surface area (Å²) in [7, 11) is 1.68. The fraction of sp³-hybridized carbons (Fsp3) is 0.125. The Hall–Kier alpha value is -2.98. The average Bonchev–Trinajstić information content (AvgIpc) is 2.74. The van der Waals surface area contributed by atoms with E-state index in [1.165, 1.54) is 11.1 Å². The van der Waals surface area contributed by atoms with Gasteiger partial charge < -0.3 is 10.5 Å². The van der Waals surface area contributed by atoms with E-state index in [1.807, 2.05) is 24.3 Å². The van der Waals surface area contributed by atoms with Gasteiger partial charge in [0.1, 0.15) is 10.8 Å². The molecule has 0 atom stereocenters. The number of methoxy groups -OCH3 is 1. The van der Waals surface area contributed by atoms with Gasteiger partial charge in [-0.1, -0.05) is 60.2 Å². The van der Waals surface area contributed by atoms with Crippen molar-refractivity contribution in [2.45, 2.75) is 17.7 Å². The zero-order valence-electron chi connectivity index (χ0n) is 16.0. The number of hydrogen-bond acceptors (Lipinski definition) is 4. The van der Waals surface area contributed by atoms with Crippen molar-refractivity contribution >= 4 is 28.2 Å². The maximum absolute atomic E-state index is 6.54. The topological polar surface area (TPSA) is 48.1 Å². The van der Waals surface area contributed by atoms with Crippen LogP contribution >= 0.6 is 11.8 Å². The number of aromatic nitrogens is 1. The zero-order chi connectivity index (χ0) is 19.5. The first kappa shape index (κ1) is 18.4. The quantitative estimate of drug-likeness (QED) is 0.421. The van der Waals surface area contributed by atoms with Gasteiger partial charge in [-0.25, -0.2) is 4.98 Å². The van der Waals surface area contributed by atoms with Crippen molar-refractivity contribution in [2.24, 2.45) is 0 Å². The molecule has 0 aliphatic rings. The molecule has 1 aromatic heterocycles. The van der Waals surface area contributed by atoms with E-state index >= 15 is 0 Å². The number of anilines is 1. The van der Waals surface area contributed by atoms with Crippen LogP contribution in [0.25, 0.3) is 22.0 Å². The number of pyridine rings is 1. The number of nitrogen functional groups attached to an aromatic ring is 1. The van der Waals surface area contributed by atoms with Crippen LogP contribution in [0.15, 0.2) is 77.8 Å². The summed E-state index contributed by atoms with van der Waals surface area (Å²) in [6, 6.07) is 24.7. The summed E-state index contributed by atoms with van der Waals surface area (Å²) in [4.78, 5) is 4.97. The molecule has 4 heteroatoms. The second kappa shape index (κ2) is 7.95. The smallest absolute Gasteiger partial charge is 0.119 e. The maximum atomic E-state index is 6.54. The number of thioether (sulfide) groups is 1.